The first-order valence-corrected chi connectivity index (χ1v) is 7.00. The molecule has 1 heterocycles. The van der Waals surface area contributed by atoms with Gasteiger partial charge in [-0.1, -0.05) is 34.6 Å². The molecule has 1 saturated heterocycles. The fraction of sp³-hybridized carbons (Fsp3) is 1.00. The minimum atomic E-state index is 0.746. The van der Waals surface area contributed by atoms with E-state index in [4.69, 9.17) is 0 Å². The van der Waals surface area contributed by atoms with Gasteiger partial charge < -0.3 is 10.2 Å². The summed E-state index contributed by atoms with van der Waals surface area (Å²) in [6.07, 6.45) is 1.32. The molecule has 1 aliphatic rings. The maximum Gasteiger partial charge on any atom is 0.0117 e. The van der Waals surface area contributed by atoms with Crippen LogP contribution < -0.4 is 5.32 Å². The van der Waals surface area contributed by atoms with Gasteiger partial charge in [-0.05, 0) is 37.3 Å². The lowest BCUT2D eigenvalue weighted by Crippen LogP contribution is -2.49. The van der Waals surface area contributed by atoms with Crippen molar-refractivity contribution in [1.82, 2.24) is 10.2 Å². The van der Waals surface area contributed by atoms with Crippen LogP contribution in [0.4, 0.5) is 0 Å². The number of nitrogens with one attached hydrogen (secondary N) is 1. The minimum Gasteiger partial charge on any atom is -0.314 e. The van der Waals surface area contributed by atoms with E-state index in [0.29, 0.717) is 0 Å². The molecule has 3 atom stereocenters. The molecule has 0 aromatic heterocycles. The largest absolute Gasteiger partial charge is 0.314 e. The van der Waals surface area contributed by atoms with E-state index in [1.54, 1.807) is 0 Å². The maximum absolute atomic E-state index is 3.60. The fourth-order valence-electron chi connectivity index (χ4n) is 2.58. The zero-order valence-corrected chi connectivity index (χ0v) is 11.8. The monoisotopic (exact) mass is 226 g/mol. The highest BCUT2D eigenvalue weighted by Gasteiger charge is 2.26. The number of likely N-dealkylation sites (tertiary alicyclic amines) is 1. The average molecular weight is 226 g/mol. The summed E-state index contributed by atoms with van der Waals surface area (Å²) in [7, 11) is 0. The molecule has 0 saturated carbocycles. The first-order chi connectivity index (χ1) is 7.54. The molecule has 0 amide bonds. The quantitative estimate of drug-likeness (QED) is 0.775. The second-order valence-electron chi connectivity index (χ2n) is 5.91. The van der Waals surface area contributed by atoms with Crippen LogP contribution in [0.1, 0.15) is 41.0 Å². The molecule has 2 nitrogen and oxygen atoms in total. The second-order valence-corrected chi connectivity index (χ2v) is 5.91. The van der Waals surface area contributed by atoms with Crippen LogP contribution >= 0.6 is 0 Å². The molecule has 0 aliphatic carbocycles. The van der Waals surface area contributed by atoms with E-state index in [1.165, 1.54) is 26.1 Å². The highest BCUT2D eigenvalue weighted by atomic mass is 15.1. The van der Waals surface area contributed by atoms with E-state index < -0.39 is 0 Å². The van der Waals surface area contributed by atoms with Crippen molar-refractivity contribution in [2.24, 2.45) is 17.8 Å². The minimum absolute atomic E-state index is 0.746. The van der Waals surface area contributed by atoms with Crippen molar-refractivity contribution < 1.29 is 0 Å². The van der Waals surface area contributed by atoms with Crippen molar-refractivity contribution in [3.63, 3.8) is 0 Å². The normalized spacial score (nSPS) is 29.6. The van der Waals surface area contributed by atoms with Gasteiger partial charge in [-0.25, -0.2) is 0 Å². The Morgan fingerprint density at radius 1 is 1.31 bits per heavy atom. The summed E-state index contributed by atoms with van der Waals surface area (Å²) in [5.74, 6) is 2.43. The number of piperidine rings is 1. The van der Waals surface area contributed by atoms with Gasteiger partial charge >= 0.3 is 0 Å². The summed E-state index contributed by atoms with van der Waals surface area (Å²) < 4.78 is 0. The van der Waals surface area contributed by atoms with Crippen molar-refractivity contribution in [3.05, 3.63) is 0 Å². The predicted octanol–water partition coefficient (Wildman–Crippen LogP) is 2.60. The summed E-state index contributed by atoms with van der Waals surface area (Å²) in [4.78, 5) is 2.66. The third kappa shape index (κ3) is 4.06. The summed E-state index contributed by atoms with van der Waals surface area (Å²) in [5.41, 5.74) is 0. The number of rotatable bonds is 5. The molecule has 0 aromatic rings. The molecule has 0 bridgehead atoms. The van der Waals surface area contributed by atoms with Crippen LogP contribution in [-0.4, -0.2) is 37.1 Å². The van der Waals surface area contributed by atoms with Crippen molar-refractivity contribution in [3.8, 4) is 0 Å². The lowest BCUT2D eigenvalue weighted by molar-refractivity contribution is 0.123. The Labute approximate surface area is 102 Å². The number of hydrogen-bond donors (Lipinski definition) is 1. The molecular formula is C14H30N2. The molecule has 3 unspecified atom stereocenters. The van der Waals surface area contributed by atoms with E-state index >= 15 is 0 Å². The Morgan fingerprint density at radius 3 is 2.50 bits per heavy atom. The molecule has 0 radical (unpaired) electrons. The Balaban J connectivity index is 2.33. The summed E-state index contributed by atoms with van der Waals surface area (Å²) in [6, 6.07) is 0.746. The van der Waals surface area contributed by atoms with E-state index in [1.807, 2.05) is 0 Å². The molecule has 16 heavy (non-hydrogen) atoms. The van der Waals surface area contributed by atoms with Crippen LogP contribution in [-0.2, 0) is 0 Å². The van der Waals surface area contributed by atoms with Gasteiger partial charge in [0, 0.05) is 19.1 Å². The van der Waals surface area contributed by atoms with Crippen LogP contribution in [0.2, 0.25) is 0 Å². The molecule has 1 aliphatic heterocycles. The van der Waals surface area contributed by atoms with Gasteiger partial charge in [0.15, 0.2) is 0 Å². The number of nitrogens with zero attached hydrogens (tertiary/aromatic N) is 1. The third-order valence-corrected chi connectivity index (χ3v) is 4.14. The van der Waals surface area contributed by atoms with Crippen LogP contribution in [0.5, 0.6) is 0 Å². The van der Waals surface area contributed by atoms with Crippen molar-refractivity contribution in [2.45, 2.75) is 47.1 Å². The SMILES string of the molecule is CCNC1CCN(CC(C)C(C)C)CC1C. The lowest BCUT2D eigenvalue weighted by Gasteiger charge is -2.39. The van der Waals surface area contributed by atoms with Gasteiger partial charge in [0.25, 0.3) is 0 Å². The van der Waals surface area contributed by atoms with Crippen LogP contribution in [0.25, 0.3) is 0 Å². The highest BCUT2D eigenvalue weighted by molar-refractivity contribution is 4.83. The van der Waals surface area contributed by atoms with E-state index in [-0.39, 0.29) is 0 Å². The molecule has 96 valence electrons. The highest BCUT2D eigenvalue weighted by Crippen LogP contribution is 2.19. The van der Waals surface area contributed by atoms with Crippen LogP contribution in [0.15, 0.2) is 0 Å². The van der Waals surface area contributed by atoms with Gasteiger partial charge in [-0.15, -0.1) is 0 Å². The smallest absolute Gasteiger partial charge is 0.0117 e. The molecule has 2 heteroatoms. The molecule has 1 N–H and O–H groups in total. The maximum atomic E-state index is 3.60. The predicted molar refractivity (Wildman–Crippen MR) is 71.7 cm³/mol. The summed E-state index contributed by atoms with van der Waals surface area (Å²) in [5, 5.41) is 3.60. The molecule has 0 spiro atoms. The van der Waals surface area contributed by atoms with E-state index in [9.17, 15) is 0 Å². The second kappa shape index (κ2) is 6.61. The Bertz CT molecular complexity index is 191. The topological polar surface area (TPSA) is 15.3 Å². The first-order valence-electron chi connectivity index (χ1n) is 7.00. The zero-order chi connectivity index (χ0) is 12.1. The Kier molecular flexibility index (Phi) is 5.77. The van der Waals surface area contributed by atoms with Gasteiger partial charge in [0.1, 0.15) is 0 Å². The lowest BCUT2D eigenvalue weighted by atomic mass is 9.91. The molecule has 0 aromatic carbocycles. The summed E-state index contributed by atoms with van der Waals surface area (Å²) >= 11 is 0. The number of hydrogen-bond acceptors (Lipinski definition) is 2. The molecular weight excluding hydrogens is 196 g/mol. The van der Waals surface area contributed by atoms with Gasteiger partial charge in [-0.2, -0.15) is 0 Å². The van der Waals surface area contributed by atoms with Crippen molar-refractivity contribution in [1.29, 1.82) is 0 Å². The molecule has 1 fully saturated rings. The van der Waals surface area contributed by atoms with E-state index in [2.05, 4.69) is 44.8 Å². The standard InChI is InChI=1S/C14H30N2/c1-6-15-14-7-8-16(10-13(14)5)9-12(4)11(2)3/h11-15H,6-10H2,1-5H3. The Hall–Kier alpha value is -0.0800. The van der Waals surface area contributed by atoms with Crippen molar-refractivity contribution >= 4 is 0 Å². The summed E-state index contributed by atoms with van der Waals surface area (Å²) in [6.45, 7) is 16.6. The van der Waals surface area contributed by atoms with Gasteiger partial charge in [0.2, 0.25) is 0 Å². The van der Waals surface area contributed by atoms with Gasteiger partial charge in [-0.3, -0.25) is 0 Å². The van der Waals surface area contributed by atoms with Crippen LogP contribution in [0, 0.1) is 17.8 Å². The first kappa shape index (κ1) is 14.0. The Morgan fingerprint density at radius 2 is 2.00 bits per heavy atom. The van der Waals surface area contributed by atoms with Crippen LogP contribution in [0.3, 0.4) is 0 Å². The fourth-order valence-corrected chi connectivity index (χ4v) is 2.58. The average Bonchev–Trinajstić information content (AvgIpc) is 2.22. The van der Waals surface area contributed by atoms with Crippen molar-refractivity contribution in [2.75, 3.05) is 26.2 Å². The zero-order valence-electron chi connectivity index (χ0n) is 11.8. The van der Waals surface area contributed by atoms with E-state index in [0.717, 1.165) is 30.3 Å². The molecule has 1 rings (SSSR count). The third-order valence-electron chi connectivity index (χ3n) is 4.14. The van der Waals surface area contributed by atoms with Gasteiger partial charge in [0.05, 0.1) is 0 Å².